The zero-order chi connectivity index (χ0) is 13.2. The highest BCUT2D eigenvalue weighted by atomic mass is 35.5. The molecule has 0 amide bonds. The molecule has 0 aliphatic rings. The molecule has 2 heteroatoms. The molecule has 0 bridgehead atoms. The molecule has 1 rings (SSSR count). The number of alkyl halides is 1. The molecule has 0 radical (unpaired) electrons. The standard InChI is InChI=1S/C16H25ClO/c1-3-4-5-6-7-15(13-17)12-14-8-10-16(18-2)11-9-14/h8-11,15H,3-7,12-13H2,1-2H3. The Morgan fingerprint density at radius 3 is 2.39 bits per heavy atom. The zero-order valence-electron chi connectivity index (χ0n) is 11.6. The molecule has 1 unspecified atom stereocenters. The van der Waals surface area contributed by atoms with Gasteiger partial charge >= 0.3 is 0 Å². The Labute approximate surface area is 116 Å². The Balaban J connectivity index is 2.36. The highest BCUT2D eigenvalue weighted by Crippen LogP contribution is 2.19. The highest BCUT2D eigenvalue weighted by molar-refractivity contribution is 6.18. The van der Waals surface area contributed by atoms with Gasteiger partial charge in [-0.25, -0.2) is 0 Å². The van der Waals surface area contributed by atoms with Crippen LogP contribution in [-0.4, -0.2) is 13.0 Å². The number of unbranched alkanes of at least 4 members (excludes halogenated alkanes) is 3. The Hall–Kier alpha value is -0.690. The summed E-state index contributed by atoms with van der Waals surface area (Å²) in [5, 5.41) is 0. The molecule has 0 saturated heterocycles. The molecule has 1 aromatic rings. The molecule has 0 saturated carbocycles. The average Bonchev–Trinajstić information content (AvgIpc) is 2.43. The molecular formula is C16H25ClO. The van der Waals surface area contributed by atoms with E-state index in [2.05, 4.69) is 19.1 Å². The lowest BCUT2D eigenvalue weighted by atomic mass is 9.95. The number of methoxy groups -OCH3 is 1. The Bertz CT molecular complexity index is 307. The maximum atomic E-state index is 6.06. The second-order valence-electron chi connectivity index (χ2n) is 4.92. The van der Waals surface area contributed by atoms with Crippen molar-refractivity contribution in [3.05, 3.63) is 29.8 Å². The molecule has 1 aromatic carbocycles. The fourth-order valence-corrected chi connectivity index (χ4v) is 2.45. The van der Waals surface area contributed by atoms with E-state index in [0.717, 1.165) is 18.1 Å². The molecule has 0 fully saturated rings. The van der Waals surface area contributed by atoms with Crippen LogP contribution in [0.4, 0.5) is 0 Å². The van der Waals surface area contributed by atoms with Crippen molar-refractivity contribution < 1.29 is 4.74 Å². The average molecular weight is 269 g/mol. The molecule has 0 aliphatic heterocycles. The van der Waals surface area contributed by atoms with Crippen molar-refractivity contribution in [1.82, 2.24) is 0 Å². The van der Waals surface area contributed by atoms with Crippen LogP contribution in [-0.2, 0) is 6.42 Å². The first-order chi connectivity index (χ1) is 8.80. The summed E-state index contributed by atoms with van der Waals surface area (Å²) in [6.07, 6.45) is 7.62. The third-order valence-electron chi connectivity index (χ3n) is 3.37. The maximum absolute atomic E-state index is 6.06. The molecule has 0 aliphatic carbocycles. The first-order valence-electron chi connectivity index (χ1n) is 6.99. The lowest BCUT2D eigenvalue weighted by Crippen LogP contribution is -2.06. The van der Waals surface area contributed by atoms with Crippen molar-refractivity contribution in [1.29, 1.82) is 0 Å². The van der Waals surface area contributed by atoms with Crippen LogP contribution < -0.4 is 4.74 Å². The van der Waals surface area contributed by atoms with E-state index >= 15 is 0 Å². The number of ether oxygens (including phenoxy) is 1. The van der Waals surface area contributed by atoms with Crippen LogP contribution in [0.5, 0.6) is 5.75 Å². The van der Waals surface area contributed by atoms with E-state index in [-0.39, 0.29) is 0 Å². The molecule has 102 valence electrons. The molecule has 18 heavy (non-hydrogen) atoms. The highest BCUT2D eigenvalue weighted by Gasteiger charge is 2.08. The minimum atomic E-state index is 0.608. The number of halogens is 1. The monoisotopic (exact) mass is 268 g/mol. The molecule has 1 nitrogen and oxygen atoms in total. The van der Waals surface area contributed by atoms with Crippen molar-refractivity contribution in [2.75, 3.05) is 13.0 Å². The molecular weight excluding hydrogens is 244 g/mol. The summed E-state index contributed by atoms with van der Waals surface area (Å²) in [6, 6.07) is 8.34. The molecule has 0 heterocycles. The van der Waals surface area contributed by atoms with E-state index in [0.29, 0.717) is 5.92 Å². The SMILES string of the molecule is CCCCCCC(CCl)Cc1ccc(OC)cc1. The summed E-state index contributed by atoms with van der Waals surface area (Å²) < 4.78 is 5.17. The van der Waals surface area contributed by atoms with Crippen LogP contribution in [0.15, 0.2) is 24.3 Å². The van der Waals surface area contributed by atoms with Gasteiger partial charge in [0.2, 0.25) is 0 Å². The lowest BCUT2D eigenvalue weighted by Gasteiger charge is -2.14. The lowest BCUT2D eigenvalue weighted by molar-refractivity contribution is 0.414. The van der Waals surface area contributed by atoms with Crippen molar-refractivity contribution in [3.8, 4) is 5.75 Å². The summed E-state index contributed by atoms with van der Waals surface area (Å²) >= 11 is 6.06. The van der Waals surface area contributed by atoms with Crippen LogP contribution in [0.1, 0.15) is 44.6 Å². The number of rotatable bonds is 9. The number of hydrogen-bond acceptors (Lipinski definition) is 1. The summed E-state index contributed by atoms with van der Waals surface area (Å²) in [4.78, 5) is 0. The van der Waals surface area contributed by atoms with Gasteiger partial charge in [-0.3, -0.25) is 0 Å². The topological polar surface area (TPSA) is 9.23 Å². The molecule has 0 aromatic heterocycles. The van der Waals surface area contributed by atoms with Crippen molar-refractivity contribution in [2.45, 2.75) is 45.4 Å². The van der Waals surface area contributed by atoms with Crippen LogP contribution in [0.2, 0.25) is 0 Å². The fraction of sp³-hybridized carbons (Fsp3) is 0.625. The predicted molar refractivity (Wildman–Crippen MR) is 79.7 cm³/mol. The zero-order valence-corrected chi connectivity index (χ0v) is 12.4. The van der Waals surface area contributed by atoms with Crippen molar-refractivity contribution in [2.24, 2.45) is 5.92 Å². The van der Waals surface area contributed by atoms with Gasteiger partial charge in [0.1, 0.15) is 5.75 Å². The van der Waals surface area contributed by atoms with Crippen LogP contribution in [0, 0.1) is 5.92 Å². The third-order valence-corrected chi connectivity index (χ3v) is 3.80. The van der Waals surface area contributed by atoms with Gasteiger partial charge in [0, 0.05) is 5.88 Å². The first-order valence-corrected chi connectivity index (χ1v) is 7.52. The fourth-order valence-electron chi connectivity index (χ4n) is 2.19. The number of benzene rings is 1. The quantitative estimate of drug-likeness (QED) is 0.449. The summed E-state index contributed by atoms with van der Waals surface area (Å²) in [5.74, 6) is 2.29. The second kappa shape index (κ2) is 9.27. The Morgan fingerprint density at radius 2 is 1.83 bits per heavy atom. The van der Waals surface area contributed by atoms with E-state index < -0.39 is 0 Å². The van der Waals surface area contributed by atoms with Gasteiger partial charge in [-0.2, -0.15) is 0 Å². The van der Waals surface area contributed by atoms with Crippen molar-refractivity contribution >= 4 is 11.6 Å². The first kappa shape index (κ1) is 15.4. The van der Waals surface area contributed by atoms with Gasteiger partial charge in [0.25, 0.3) is 0 Å². The third kappa shape index (κ3) is 5.77. The second-order valence-corrected chi connectivity index (χ2v) is 5.23. The molecule has 0 N–H and O–H groups in total. The smallest absolute Gasteiger partial charge is 0.118 e. The van der Waals surface area contributed by atoms with Gasteiger partial charge in [0.05, 0.1) is 7.11 Å². The number of hydrogen-bond donors (Lipinski definition) is 0. The molecule has 0 spiro atoms. The molecule has 1 atom stereocenters. The summed E-state index contributed by atoms with van der Waals surface area (Å²) in [5.41, 5.74) is 1.36. The van der Waals surface area contributed by atoms with Crippen LogP contribution in [0.25, 0.3) is 0 Å². The van der Waals surface area contributed by atoms with Gasteiger partial charge in [-0.1, -0.05) is 44.7 Å². The van der Waals surface area contributed by atoms with Gasteiger partial charge in [-0.05, 0) is 36.5 Å². The van der Waals surface area contributed by atoms with Crippen LogP contribution >= 0.6 is 11.6 Å². The van der Waals surface area contributed by atoms with Crippen LogP contribution in [0.3, 0.4) is 0 Å². The van der Waals surface area contributed by atoms with Gasteiger partial charge < -0.3 is 4.74 Å². The van der Waals surface area contributed by atoms with E-state index in [1.54, 1.807) is 7.11 Å². The minimum Gasteiger partial charge on any atom is -0.497 e. The summed E-state index contributed by atoms with van der Waals surface area (Å²) in [7, 11) is 1.70. The Kier molecular flexibility index (Phi) is 7.91. The van der Waals surface area contributed by atoms with E-state index in [1.165, 1.54) is 37.7 Å². The normalized spacial score (nSPS) is 12.4. The maximum Gasteiger partial charge on any atom is 0.118 e. The summed E-state index contributed by atoms with van der Waals surface area (Å²) in [6.45, 7) is 2.25. The van der Waals surface area contributed by atoms with Gasteiger partial charge in [-0.15, -0.1) is 11.6 Å². The van der Waals surface area contributed by atoms with Gasteiger partial charge in [0.15, 0.2) is 0 Å². The van der Waals surface area contributed by atoms with E-state index in [1.807, 2.05) is 12.1 Å². The Morgan fingerprint density at radius 1 is 1.11 bits per heavy atom. The minimum absolute atomic E-state index is 0.608. The van der Waals surface area contributed by atoms with Crippen molar-refractivity contribution in [3.63, 3.8) is 0 Å². The largest absolute Gasteiger partial charge is 0.497 e. The van der Waals surface area contributed by atoms with E-state index in [9.17, 15) is 0 Å². The predicted octanol–water partition coefficient (Wildman–Crippen LogP) is 5.06. The van der Waals surface area contributed by atoms with E-state index in [4.69, 9.17) is 16.3 Å².